The van der Waals surface area contributed by atoms with Crippen molar-refractivity contribution >= 4 is 45.2 Å². The van der Waals surface area contributed by atoms with E-state index in [0.717, 1.165) is 5.56 Å². The average molecular weight is 642 g/mol. The minimum Gasteiger partial charge on any atom is -0.407 e. The Kier molecular flexibility index (Phi) is 6.97. The number of H-pyrrole nitrogens is 1. The summed E-state index contributed by atoms with van der Waals surface area (Å²) in [6.07, 6.45) is 3.40. The summed E-state index contributed by atoms with van der Waals surface area (Å²) in [5.41, 5.74) is 4.92. The molecule has 2 atom stereocenters. The molecule has 1 saturated heterocycles. The summed E-state index contributed by atoms with van der Waals surface area (Å²) in [4.78, 5) is 51.0. The van der Waals surface area contributed by atoms with Crippen molar-refractivity contribution in [3.63, 3.8) is 0 Å². The number of nitrogens with zero attached hydrogens (tertiary/aromatic N) is 4. The summed E-state index contributed by atoms with van der Waals surface area (Å²) in [6, 6.07) is 6.37. The topological polar surface area (TPSA) is 104 Å². The molecule has 0 spiro atoms. The summed E-state index contributed by atoms with van der Waals surface area (Å²) >= 11 is 7.33. The van der Waals surface area contributed by atoms with Crippen LogP contribution in [-0.4, -0.2) is 50.5 Å². The van der Waals surface area contributed by atoms with Gasteiger partial charge in [0.25, 0.3) is 5.56 Å². The zero-order valence-electron chi connectivity index (χ0n) is 26.2. The number of pyridine rings is 2. The fourth-order valence-electron chi connectivity index (χ4n) is 7.32. The molecule has 0 bridgehead atoms. The van der Waals surface area contributed by atoms with Crippen molar-refractivity contribution in [2.45, 2.75) is 59.0 Å². The standard InChI is InChI=1S/C35H33ClFN5O4/c1-7-25(43)40-15-20-12-22-31(41(20)14-19(40)6)21-13-23(37)27(26-17(4)8-9-24-33(26)46-35(45)39-24)28(36)32(21)42(34(22)44)30-18(5)10-11-38-29(30)16(2)3/h7-11,13,16,19-20H,1,12,14-15H2,2-6H3,(H,39,45). The Bertz CT molecular complexity index is 2250. The van der Waals surface area contributed by atoms with E-state index in [9.17, 15) is 14.4 Å². The largest absolute Gasteiger partial charge is 0.417 e. The van der Waals surface area contributed by atoms with Crippen LogP contribution in [0.2, 0.25) is 5.02 Å². The van der Waals surface area contributed by atoms with Crippen molar-refractivity contribution in [1.82, 2.24) is 19.4 Å². The number of benzene rings is 2. The van der Waals surface area contributed by atoms with Crippen molar-refractivity contribution in [1.29, 1.82) is 0 Å². The van der Waals surface area contributed by atoms with Crippen molar-refractivity contribution in [2.24, 2.45) is 0 Å². The van der Waals surface area contributed by atoms with Gasteiger partial charge < -0.3 is 14.2 Å². The molecule has 0 saturated carbocycles. The van der Waals surface area contributed by atoms with Crippen LogP contribution in [0.15, 0.2) is 57.1 Å². The lowest BCUT2D eigenvalue weighted by molar-refractivity contribution is -0.128. The molecule has 1 N–H and O–H groups in total. The van der Waals surface area contributed by atoms with Crippen LogP contribution >= 0.6 is 11.6 Å². The Balaban J connectivity index is 1.61. The third-order valence-corrected chi connectivity index (χ3v) is 9.78. The summed E-state index contributed by atoms with van der Waals surface area (Å²) in [6.45, 7) is 14.2. The third-order valence-electron chi connectivity index (χ3n) is 9.42. The van der Waals surface area contributed by atoms with Crippen LogP contribution in [0.25, 0.3) is 38.8 Å². The second-order valence-electron chi connectivity index (χ2n) is 12.6. The van der Waals surface area contributed by atoms with Gasteiger partial charge in [0, 0.05) is 53.8 Å². The Labute approximate surface area is 268 Å². The van der Waals surface area contributed by atoms with E-state index in [1.54, 1.807) is 34.7 Å². The average Bonchev–Trinajstić information content (AvgIpc) is 3.58. The van der Waals surface area contributed by atoms with Crippen LogP contribution in [0.5, 0.6) is 0 Å². The van der Waals surface area contributed by atoms with Crippen LogP contribution in [0.1, 0.15) is 49.1 Å². The highest BCUT2D eigenvalue weighted by atomic mass is 35.5. The van der Waals surface area contributed by atoms with E-state index < -0.39 is 11.6 Å². The predicted molar refractivity (Wildman–Crippen MR) is 178 cm³/mol. The second kappa shape index (κ2) is 10.7. The molecular formula is C35H33ClFN5O4. The monoisotopic (exact) mass is 641 g/mol. The molecule has 0 radical (unpaired) electrons. The highest BCUT2D eigenvalue weighted by Gasteiger charge is 2.42. The number of hydrogen-bond donors (Lipinski definition) is 1. The van der Waals surface area contributed by atoms with Crippen LogP contribution in [-0.2, 0) is 11.2 Å². The van der Waals surface area contributed by atoms with Gasteiger partial charge in [0.15, 0.2) is 5.58 Å². The number of amides is 1. The van der Waals surface area contributed by atoms with Gasteiger partial charge in [0.1, 0.15) is 5.82 Å². The number of nitrogens with one attached hydrogen (secondary N) is 1. The van der Waals surface area contributed by atoms with Crippen LogP contribution in [0.4, 0.5) is 10.1 Å². The maximum atomic E-state index is 16.7. The van der Waals surface area contributed by atoms with Crippen molar-refractivity contribution in [3.8, 4) is 16.8 Å². The number of rotatable bonds is 4. The molecule has 2 unspecified atom stereocenters. The molecule has 2 aliphatic heterocycles. The van der Waals surface area contributed by atoms with Crippen LogP contribution < -0.4 is 16.2 Å². The van der Waals surface area contributed by atoms with Gasteiger partial charge in [-0.3, -0.25) is 24.1 Å². The molecule has 9 nitrogen and oxygen atoms in total. The second-order valence-corrected chi connectivity index (χ2v) is 13.0. The number of halogens is 2. The highest BCUT2D eigenvalue weighted by Crippen LogP contribution is 2.47. The van der Waals surface area contributed by atoms with E-state index in [0.29, 0.717) is 69.7 Å². The quantitative estimate of drug-likeness (QED) is 0.236. The number of carbonyl (C=O) groups is 1. The van der Waals surface area contributed by atoms with E-state index >= 15 is 4.39 Å². The molecule has 5 aromatic rings. The molecule has 236 valence electrons. The molecule has 11 heteroatoms. The maximum Gasteiger partial charge on any atom is 0.417 e. The van der Waals surface area contributed by atoms with Gasteiger partial charge in [-0.2, -0.15) is 0 Å². The first-order valence-electron chi connectivity index (χ1n) is 15.3. The fourth-order valence-corrected chi connectivity index (χ4v) is 7.69. The molecule has 3 aromatic heterocycles. The molecule has 46 heavy (non-hydrogen) atoms. The minimum absolute atomic E-state index is 0.0178. The summed E-state index contributed by atoms with van der Waals surface area (Å²) in [7, 11) is 0. The van der Waals surface area contributed by atoms with E-state index in [1.165, 1.54) is 12.1 Å². The van der Waals surface area contributed by atoms with E-state index in [-0.39, 0.29) is 45.6 Å². The number of hydrogen-bond acceptors (Lipinski definition) is 6. The maximum absolute atomic E-state index is 16.7. The zero-order valence-corrected chi connectivity index (χ0v) is 27.0. The molecule has 2 aromatic carbocycles. The number of oxazole rings is 1. The van der Waals surface area contributed by atoms with Crippen LogP contribution in [0, 0.1) is 19.7 Å². The van der Waals surface area contributed by atoms with Gasteiger partial charge in [-0.25, -0.2) is 9.18 Å². The summed E-state index contributed by atoms with van der Waals surface area (Å²) < 4.78 is 23.8. The van der Waals surface area contributed by atoms with Crippen LogP contribution in [0.3, 0.4) is 0 Å². The first-order chi connectivity index (χ1) is 21.9. The normalized spacial score (nSPS) is 17.7. The number of piperazine rings is 1. The predicted octanol–water partition coefficient (Wildman–Crippen LogP) is 6.17. The SMILES string of the molecule is C=CC(=O)N1CC2Cc3c(c4cc(F)c(-c5c(C)ccc6[nH]c(=O)oc56)c(Cl)c4n(-c4c(C)ccnc4C(C)C)c3=O)N2CC1C. The zero-order chi connectivity index (χ0) is 32.8. The Morgan fingerprint density at radius 3 is 2.63 bits per heavy atom. The number of anilines is 1. The van der Waals surface area contributed by atoms with E-state index in [1.807, 2.05) is 33.8 Å². The van der Waals surface area contributed by atoms with E-state index in [4.69, 9.17) is 16.0 Å². The molecule has 0 aliphatic carbocycles. The first-order valence-corrected chi connectivity index (χ1v) is 15.7. The molecular weight excluding hydrogens is 609 g/mol. The Hall–Kier alpha value is -4.70. The number of aryl methyl sites for hydroxylation is 2. The summed E-state index contributed by atoms with van der Waals surface area (Å²) in [5.74, 6) is -1.50. The lowest BCUT2D eigenvalue weighted by Crippen LogP contribution is -2.57. The van der Waals surface area contributed by atoms with Gasteiger partial charge in [0.2, 0.25) is 5.91 Å². The molecule has 7 rings (SSSR count). The van der Waals surface area contributed by atoms with Crippen molar-refractivity contribution in [2.75, 3.05) is 18.0 Å². The fraction of sp³-hybridized carbons (Fsp3) is 0.314. The Morgan fingerprint density at radius 2 is 1.91 bits per heavy atom. The van der Waals surface area contributed by atoms with Crippen molar-refractivity contribution in [3.05, 3.63) is 97.2 Å². The van der Waals surface area contributed by atoms with Gasteiger partial charge in [-0.05, 0) is 62.1 Å². The first kappa shape index (κ1) is 30.0. The lowest BCUT2D eigenvalue weighted by Gasteiger charge is -2.43. The summed E-state index contributed by atoms with van der Waals surface area (Å²) in [5, 5.41) is 0.502. The number of carbonyl (C=O) groups excluding carboxylic acids is 1. The number of fused-ring (bicyclic) bond motifs is 6. The lowest BCUT2D eigenvalue weighted by atomic mass is 9.95. The smallest absolute Gasteiger partial charge is 0.407 e. The molecule has 5 heterocycles. The number of aromatic amines is 1. The molecule has 1 fully saturated rings. The molecule has 2 aliphatic rings. The van der Waals surface area contributed by atoms with Gasteiger partial charge in [-0.1, -0.05) is 38.1 Å². The Morgan fingerprint density at radius 1 is 1.15 bits per heavy atom. The van der Waals surface area contributed by atoms with Gasteiger partial charge in [-0.15, -0.1) is 0 Å². The van der Waals surface area contributed by atoms with Crippen molar-refractivity contribution < 1.29 is 13.6 Å². The van der Waals surface area contributed by atoms with Gasteiger partial charge in [0.05, 0.1) is 39.2 Å². The molecule has 1 amide bonds. The highest BCUT2D eigenvalue weighted by molar-refractivity contribution is 6.39. The van der Waals surface area contributed by atoms with E-state index in [2.05, 4.69) is 21.4 Å². The number of aromatic nitrogens is 3. The third kappa shape index (κ3) is 4.26. The minimum atomic E-state index is -0.671. The van der Waals surface area contributed by atoms with Gasteiger partial charge >= 0.3 is 5.76 Å².